The van der Waals surface area contributed by atoms with E-state index >= 15 is 0 Å². The molecule has 1 rings (SSSR count). The third-order valence-electron chi connectivity index (χ3n) is 2.88. The van der Waals surface area contributed by atoms with Gasteiger partial charge >= 0.3 is 7.60 Å². The molecule has 0 bridgehead atoms. The maximum atomic E-state index is 13.3. The topological polar surface area (TPSA) is 98.5 Å². The van der Waals surface area contributed by atoms with E-state index in [4.69, 9.17) is 31.4 Å². The standard InChI is InChI=1S/C16H25N2O4PS/c1-9(2)21-23(19,22-10(3)4)12-13(24)11(8-17)14(16(5,6)7)20-15(12)18/h9-10H,18H2,1-7H3. The number of rotatable bonds is 5. The van der Waals surface area contributed by atoms with Gasteiger partial charge in [0.1, 0.15) is 22.7 Å². The lowest BCUT2D eigenvalue weighted by Gasteiger charge is -2.25. The predicted octanol–water partition coefficient (Wildman–Crippen LogP) is 4.43. The molecular formula is C16H25N2O4PS. The molecule has 0 atom stereocenters. The van der Waals surface area contributed by atoms with Crippen molar-refractivity contribution >= 4 is 31.0 Å². The van der Waals surface area contributed by atoms with Gasteiger partial charge in [0.15, 0.2) is 0 Å². The van der Waals surface area contributed by atoms with E-state index in [1.165, 1.54) is 0 Å². The molecular weight excluding hydrogens is 347 g/mol. The lowest BCUT2D eigenvalue weighted by Crippen LogP contribution is -2.24. The van der Waals surface area contributed by atoms with E-state index in [-0.39, 0.29) is 21.3 Å². The van der Waals surface area contributed by atoms with Crippen molar-refractivity contribution in [2.45, 2.75) is 66.1 Å². The van der Waals surface area contributed by atoms with Crippen LogP contribution in [0, 0.1) is 15.8 Å². The summed E-state index contributed by atoms with van der Waals surface area (Å²) >= 11 is 5.39. The van der Waals surface area contributed by atoms with Gasteiger partial charge in [-0.25, -0.2) is 0 Å². The van der Waals surface area contributed by atoms with Crippen LogP contribution in [0.15, 0.2) is 4.42 Å². The SMILES string of the molecule is CC(C)OP(=O)(OC(C)C)c1c(N)oc(C(C)(C)C)c(C#N)c1=S. The lowest BCUT2D eigenvalue weighted by molar-refractivity contribution is 0.150. The van der Waals surface area contributed by atoms with Crippen LogP contribution in [0.1, 0.15) is 59.8 Å². The Kier molecular flexibility index (Phi) is 6.40. The number of nitrogens with two attached hydrogens (primary N) is 1. The molecule has 1 heterocycles. The average molecular weight is 372 g/mol. The Labute approximate surface area is 148 Å². The summed E-state index contributed by atoms with van der Waals surface area (Å²) in [4.78, 5) is 0. The van der Waals surface area contributed by atoms with Crippen LogP contribution in [0.2, 0.25) is 0 Å². The van der Waals surface area contributed by atoms with Crippen molar-refractivity contribution in [3.05, 3.63) is 15.8 Å². The fourth-order valence-electron chi connectivity index (χ4n) is 2.12. The van der Waals surface area contributed by atoms with Crippen LogP contribution >= 0.6 is 19.8 Å². The molecule has 6 nitrogen and oxygen atoms in total. The van der Waals surface area contributed by atoms with Gasteiger partial charge in [0, 0.05) is 5.41 Å². The van der Waals surface area contributed by atoms with Crippen molar-refractivity contribution in [3.8, 4) is 6.07 Å². The minimum Gasteiger partial charge on any atom is -0.443 e. The highest BCUT2D eigenvalue weighted by atomic mass is 32.1. The molecule has 0 aromatic carbocycles. The Morgan fingerprint density at radius 2 is 1.67 bits per heavy atom. The van der Waals surface area contributed by atoms with Gasteiger partial charge in [-0.1, -0.05) is 33.0 Å². The highest BCUT2D eigenvalue weighted by Crippen LogP contribution is 2.51. The Morgan fingerprint density at radius 3 is 2.00 bits per heavy atom. The first kappa shape index (κ1) is 20.9. The van der Waals surface area contributed by atoms with Crippen LogP contribution < -0.4 is 11.0 Å². The second-order valence-electron chi connectivity index (χ2n) is 7.02. The molecule has 0 saturated heterocycles. The number of nitrogens with zero attached hydrogens (tertiary/aromatic N) is 1. The van der Waals surface area contributed by atoms with E-state index in [9.17, 15) is 9.83 Å². The second kappa shape index (κ2) is 7.37. The van der Waals surface area contributed by atoms with Crippen molar-refractivity contribution in [3.63, 3.8) is 0 Å². The fraction of sp³-hybridized carbons (Fsp3) is 0.625. The molecule has 0 saturated carbocycles. The van der Waals surface area contributed by atoms with E-state index in [2.05, 4.69) is 0 Å². The summed E-state index contributed by atoms with van der Waals surface area (Å²) in [6, 6.07) is 2.03. The van der Waals surface area contributed by atoms with E-state index in [0.29, 0.717) is 5.76 Å². The molecule has 8 heteroatoms. The van der Waals surface area contributed by atoms with Crippen molar-refractivity contribution in [2.24, 2.45) is 0 Å². The summed E-state index contributed by atoms with van der Waals surface area (Å²) in [6.45, 7) is 12.5. The zero-order chi connectivity index (χ0) is 18.9. The van der Waals surface area contributed by atoms with Crippen LogP contribution in [0.25, 0.3) is 0 Å². The van der Waals surface area contributed by atoms with Gasteiger partial charge in [-0.05, 0) is 27.7 Å². The first-order chi connectivity index (χ1) is 10.8. The van der Waals surface area contributed by atoms with Gasteiger partial charge in [-0.2, -0.15) is 5.26 Å². The first-order valence-electron chi connectivity index (χ1n) is 7.68. The molecule has 0 aliphatic rings. The molecule has 0 amide bonds. The molecule has 2 N–H and O–H groups in total. The number of nitrogen functional groups attached to an aromatic ring is 1. The van der Waals surface area contributed by atoms with Crippen LogP contribution in [-0.4, -0.2) is 12.2 Å². The summed E-state index contributed by atoms with van der Waals surface area (Å²) in [5.74, 6) is 0.199. The Morgan fingerprint density at radius 1 is 1.21 bits per heavy atom. The summed E-state index contributed by atoms with van der Waals surface area (Å²) in [7, 11) is -3.85. The number of hydrogen-bond donors (Lipinski definition) is 1. The first-order valence-corrected chi connectivity index (χ1v) is 9.63. The second-order valence-corrected chi connectivity index (χ2v) is 9.29. The van der Waals surface area contributed by atoms with Crippen LogP contribution in [0.3, 0.4) is 0 Å². The highest BCUT2D eigenvalue weighted by Gasteiger charge is 2.38. The maximum Gasteiger partial charge on any atom is 0.368 e. The fourth-order valence-corrected chi connectivity index (χ4v) is 4.74. The van der Waals surface area contributed by atoms with Gasteiger partial charge in [0.25, 0.3) is 0 Å². The number of nitriles is 1. The zero-order valence-electron chi connectivity index (χ0n) is 15.2. The molecule has 1 aromatic heterocycles. The Hall–Kier alpha value is -1.19. The third-order valence-corrected chi connectivity index (χ3v) is 5.83. The van der Waals surface area contributed by atoms with Gasteiger partial charge in [0.05, 0.1) is 16.7 Å². The van der Waals surface area contributed by atoms with E-state index in [1.54, 1.807) is 27.7 Å². The van der Waals surface area contributed by atoms with Gasteiger partial charge in [-0.15, -0.1) is 0 Å². The molecule has 0 fully saturated rings. The van der Waals surface area contributed by atoms with Crippen molar-refractivity contribution in [1.82, 2.24) is 0 Å². The normalized spacial score (nSPS) is 12.7. The number of hydrogen-bond acceptors (Lipinski definition) is 7. The molecule has 0 spiro atoms. The minimum atomic E-state index is -3.85. The van der Waals surface area contributed by atoms with Gasteiger partial charge in [-0.3, -0.25) is 4.57 Å². The summed E-state index contributed by atoms with van der Waals surface area (Å²) < 4.78 is 30.1. The summed E-state index contributed by atoms with van der Waals surface area (Å²) in [5, 5.41) is 9.47. The van der Waals surface area contributed by atoms with Crippen LogP contribution in [-0.2, 0) is 19.0 Å². The summed E-state index contributed by atoms with van der Waals surface area (Å²) in [5.41, 5.74) is 5.64. The third kappa shape index (κ3) is 4.46. The largest absolute Gasteiger partial charge is 0.443 e. The molecule has 0 unspecified atom stereocenters. The van der Waals surface area contributed by atoms with Crippen molar-refractivity contribution in [1.29, 1.82) is 5.26 Å². The van der Waals surface area contributed by atoms with Crippen LogP contribution in [0.5, 0.6) is 0 Å². The van der Waals surface area contributed by atoms with E-state index in [1.807, 2.05) is 26.8 Å². The molecule has 0 radical (unpaired) electrons. The number of anilines is 1. The van der Waals surface area contributed by atoms with Gasteiger partial charge < -0.3 is 19.2 Å². The Bertz CT molecular complexity index is 743. The maximum absolute atomic E-state index is 13.3. The van der Waals surface area contributed by atoms with Crippen molar-refractivity contribution < 1.29 is 18.0 Å². The van der Waals surface area contributed by atoms with Crippen LogP contribution in [0.4, 0.5) is 5.88 Å². The molecule has 0 aliphatic carbocycles. The lowest BCUT2D eigenvalue weighted by atomic mass is 9.90. The van der Waals surface area contributed by atoms with Crippen molar-refractivity contribution in [2.75, 3.05) is 5.73 Å². The molecule has 1 aromatic rings. The van der Waals surface area contributed by atoms with E-state index in [0.717, 1.165) is 0 Å². The average Bonchev–Trinajstić information content (AvgIpc) is 2.34. The summed E-state index contributed by atoms with van der Waals surface area (Å²) in [6.07, 6.45) is -0.785. The van der Waals surface area contributed by atoms with Gasteiger partial charge in [0.2, 0.25) is 5.88 Å². The van der Waals surface area contributed by atoms with E-state index < -0.39 is 25.2 Å². The minimum absolute atomic E-state index is 0.0514. The Balaban J connectivity index is 3.79. The smallest absolute Gasteiger partial charge is 0.368 e. The highest BCUT2D eigenvalue weighted by molar-refractivity contribution is 7.73. The zero-order valence-corrected chi connectivity index (χ0v) is 16.9. The monoisotopic (exact) mass is 372 g/mol. The molecule has 134 valence electrons. The molecule has 0 aliphatic heterocycles. The predicted molar refractivity (Wildman–Crippen MR) is 97.1 cm³/mol. The quantitative estimate of drug-likeness (QED) is 0.603. The molecule has 24 heavy (non-hydrogen) atoms.